The predicted molar refractivity (Wildman–Crippen MR) is 76.6 cm³/mol. The van der Waals surface area contributed by atoms with Crippen LogP contribution in [0.15, 0.2) is 0 Å². The minimum atomic E-state index is -4.11. The SMILES string of the molecule is OC[C@H]1[C@@H](O)[C@H](O)[C@@H](O)CN1CC[C@H]1CC[C@@H](C(F)(F)F)CC1. The fourth-order valence-corrected chi connectivity index (χ4v) is 3.76. The fraction of sp³-hybridized carbons (Fsp3) is 1.00. The van der Waals surface area contributed by atoms with E-state index in [2.05, 4.69) is 0 Å². The second kappa shape index (κ2) is 7.65. The molecule has 1 saturated heterocycles. The second-order valence-electron chi connectivity index (χ2n) is 6.84. The molecule has 1 heterocycles. The Bertz CT molecular complexity index is 374. The van der Waals surface area contributed by atoms with Crippen molar-refractivity contribution in [2.45, 2.75) is 62.6 Å². The van der Waals surface area contributed by atoms with Crippen LogP contribution in [0.2, 0.25) is 0 Å². The average molecular weight is 341 g/mol. The summed E-state index contributed by atoms with van der Waals surface area (Å²) in [6.45, 7) is 0.278. The van der Waals surface area contributed by atoms with Gasteiger partial charge in [-0.2, -0.15) is 13.2 Å². The van der Waals surface area contributed by atoms with E-state index in [4.69, 9.17) is 0 Å². The number of aliphatic hydroxyl groups excluding tert-OH is 4. The Morgan fingerprint density at radius 3 is 2.09 bits per heavy atom. The number of piperidine rings is 1. The molecule has 2 aliphatic rings. The molecule has 136 valence electrons. The van der Waals surface area contributed by atoms with Gasteiger partial charge in [-0.1, -0.05) is 0 Å². The van der Waals surface area contributed by atoms with Gasteiger partial charge in [0.2, 0.25) is 0 Å². The Morgan fingerprint density at radius 2 is 1.57 bits per heavy atom. The molecular formula is C15H26F3NO4. The lowest BCUT2D eigenvalue weighted by Gasteiger charge is -2.43. The first-order valence-corrected chi connectivity index (χ1v) is 8.19. The first kappa shape index (κ1) is 18.9. The van der Waals surface area contributed by atoms with E-state index in [-0.39, 0.29) is 31.9 Å². The molecule has 0 aromatic heterocycles. The average Bonchev–Trinajstić information content (AvgIpc) is 2.50. The van der Waals surface area contributed by atoms with Crippen molar-refractivity contribution in [1.82, 2.24) is 4.90 Å². The standard InChI is InChI=1S/C15H26F3NO4/c16-15(17,18)10-3-1-9(2-4-10)5-6-19-7-12(21)14(23)13(22)11(19)8-20/h9-14,20-23H,1-8H2/t9-,10+,11-,12-,13+,14+/m0/s1. The molecule has 0 bridgehead atoms. The van der Waals surface area contributed by atoms with Crippen molar-refractivity contribution >= 4 is 0 Å². The van der Waals surface area contributed by atoms with Gasteiger partial charge in [-0.05, 0) is 44.6 Å². The summed E-state index contributed by atoms with van der Waals surface area (Å²) in [7, 11) is 0. The van der Waals surface area contributed by atoms with Crippen LogP contribution in [0.5, 0.6) is 0 Å². The second-order valence-corrected chi connectivity index (χ2v) is 6.84. The lowest BCUT2D eigenvalue weighted by atomic mass is 9.80. The maximum absolute atomic E-state index is 12.6. The number of rotatable bonds is 4. The lowest BCUT2D eigenvalue weighted by molar-refractivity contribution is -0.184. The molecular weight excluding hydrogens is 315 g/mol. The fourth-order valence-electron chi connectivity index (χ4n) is 3.76. The molecule has 4 N–H and O–H groups in total. The van der Waals surface area contributed by atoms with E-state index >= 15 is 0 Å². The Labute approximate surface area is 133 Å². The van der Waals surface area contributed by atoms with E-state index in [1.165, 1.54) is 0 Å². The van der Waals surface area contributed by atoms with Crippen LogP contribution in [0, 0.1) is 11.8 Å². The number of alkyl halides is 3. The first-order chi connectivity index (χ1) is 10.7. The summed E-state index contributed by atoms with van der Waals surface area (Å²) in [6.07, 6.45) is -5.70. The van der Waals surface area contributed by atoms with E-state index in [1.54, 1.807) is 4.90 Å². The molecule has 1 aliphatic heterocycles. The summed E-state index contributed by atoms with van der Waals surface area (Å²) in [5.41, 5.74) is 0. The molecule has 5 nitrogen and oxygen atoms in total. The number of aliphatic hydroxyl groups is 4. The Hall–Kier alpha value is -0.410. The number of nitrogens with zero attached hydrogens (tertiary/aromatic N) is 1. The van der Waals surface area contributed by atoms with Crippen LogP contribution in [0.25, 0.3) is 0 Å². The topological polar surface area (TPSA) is 84.2 Å². The third kappa shape index (κ3) is 4.57. The minimum absolute atomic E-state index is 0.140. The molecule has 0 amide bonds. The molecule has 0 radical (unpaired) electrons. The van der Waals surface area contributed by atoms with Gasteiger partial charge in [0, 0.05) is 6.54 Å². The van der Waals surface area contributed by atoms with Gasteiger partial charge in [-0.15, -0.1) is 0 Å². The summed E-state index contributed by atoms with van der Waals surface area (Å²) >= 11 is 0. The highest BCUT2D eigenvalue weighted by molar-refractivity contribution is 4.94. The monoisotopic (exact) mass is 341 g/mol. The van der Waals surface area contributed by atoms with Crippen molar-refractivity contribution in [3.05, 3.63) is 0 Å². The minimum Gasteiger partial charge on any atom is -0.395 e. The van der Waals surface area contributed by atoms with Gasteiger partial charge in [0.05, 0.1) is 24.7 Å². The zero-order valence-electron chi connectivity index (χ0n) is 13.0. The van der Waals surface area contributed by atoms with Crippen LogP contribution in [0.4, 0.5) is 13.2 Å². The van der Waals surface area contributed by atoms with Crippen molar-refractivity contribution in [1.29, 1.82) is 0 Å². The van der Waals surface area contributed by atoms with E-state index in [0.29, 0.717) is 25.8 Å². The predicted octanol–water partition coefficient (Wildman–Crippen LogP) is 0.504. The normalized spacial score (nSPS) is 40.3. The highest BCUT2D eigenvalue weighted by Crippen LogP contribution is 2.40. The van der Waals surface area contributed by atoms with Crippen LogP contribution < -0.4 is 0 Å². The van der Waals surface area contributed by atoms with Crippen molar-refractivity contribution < 1.29 is 33.6 Å². The van der Waals surface area contributed by atoms with Gasteiger partial charge in [0.15, 0.2) is 0 Å². The molecule has 0 spiro atoms. The molecule has 0 aromatic carbocycles. The molecule has 8 heteroatoms. The molecule has 2 rings (SSSR count). The molecule has 0 unspecified atom stereocenters. The highest BCUT2D eigenvalue weighted by Gasteiger charge is 2.43. The van der Waals surface area contributed by atoms with Crippen molar-refractivity contribution in [2.75, 3.05) is 19.7 Å². The van der Waals surface area contributed by atoms with Crippen molar-refractivity contribution in [2.24, 2.45) is 11.8 Å². The Kier molecular flexibility index (Phi) is 6.29. The van der Waals surface area contributed by atoms with Gasteiger partial charge in [-0.3, -0.25) is 4.90 Å². The number of β-amino-alcohol motifs (C(OH)–C–C–N with tert-alkyl or cyclic N) is 1. The van der Waals surface area contributed by atoms with E-state index < -0.39 is 36.4 Å². The maximum Gasteiger partial charge on any atom is 0.391 e. The third-order valence-corrected chi connectivity index (χ3v) is 5.35. The van der Waals surface area contributed by atoms with Crippen LogP contribution in [-0.2, 0) is 0 Å². The number of likely N-dealkylation sites (tertiary alicyclic amines) is 1. The smallest absolute Gasteiger partial charge is 0.391 e. The maximum atomic E-state index is 12.6. The van der Waals surface area contributed by atoms with Crippen LogP contribution >= 0.6 is 0 Å². The quantitative estimate of drug-likeness (QED) is 0.599. The molecule has 1 aliphatic carbocycles. The summed E-state index contributed by atoms with van der Waals surface area (Å²) in [4.78, 5) is 1.72. The molecule has 0 aromatic rings. The van der Waals surface area contributed by atoms with Gasteiger partial charge in [0.25, 0.3) is 0 Å². The number of halogens is 3. The van der Waals surface area contributed by atoms with Crippen LogP contribution in [-0.4, -0.2) is 75.6 Å². The lowest BCUT2D eigenvalue weighted by Crippen LogP contribution is -2.62. The van der Waals surface area contributed by atoms with Gasteiger partial charge >= 0.3 is 6.18 Å². The van der Waals surface area contributed by atoms with Crippen molar-refractivity contribution in [3.63, 3.8) is 0 Å². The van der Waals surface area contributed by atoms with Crippen LogP contribution in [0.1, 0.15) is 32.1 Å². The van der Waals surface area contributed by atoms with Gasteiger partial charge < -0.3 is 20.4 Å². The van der Waals surface area contributed by atoms with E-state index in [0.717, 1.165) is 0 Å². The van der Waals surface area contributed by atoms with Gasteiger partial charge in [0.1, 0.15) is 12.2 Å². The molecule has 23 heavy (non-hydrogen) atoms. The first-order valence-electron chi connectivity index (χ1n) is 8.19. The van der Waals surface area contributed by atoms with E-state index in [1.807, 2.05) is 0 Å². The van der Waals surface area contributed by atoms with Crippen molar-refractivity contribution in [3.8, 4) is 0 Å². The zero-order chi connectivity index (χ0) is 17.2. The molecule has 2 fully saturated rings. The molecule has 4 atom stereocenters. The van der Waals surface area contributed by atoms with Crippen LogP contribution in [0.3, 0.4) is 0 Å². The summed E-state index contributed by atoms with van der Waals surface area (Å²) in [6, 6.07) is -0.653. The summed E-state index contributed by atoms with van der Waals surface area (Å²) < 4.78 is 37.9. The number of hydrogen-bond donors (Lipinski definition) is 4. The highest BCUT2D eigenvalue weighted by atomic mass is 19.4. The third-order valence-electron chi connectivity index (χ3n) is 5.35. The van der Waals surface area contributed by atoms with Gasteiger partial charge in [-0.25, -0.2) is 0 Å². The van der Waals surface area contributed by atoms with E-state index in [9.17, 15) is 33.6 Å². The summed E-state index contributed by atoms with van der Waals surface area (Å²) in [5, 5.41) is 38.7. The Morgan fingerprint density at radius 1 is 0.957 bits per heavy atom. The molecule has 1 saturated carbocycles. The Balaban J connectivity index is 1.81. The number of hydrogen-bond acceptors (Lipinski definition) is 5. The summed E-state index contributed by atoms with van der Waals surface area (Å²) in [5.74, 6) is -1.01. The largest absolute Gasteiger partial charge is 0.395 e. The zero-order valence-corrected chi connectivity index (χ0v) is 13.0.